The van der Waals surface area contributed by atoms with Crippen molar-refractivity contribution in [2.24, 2.45) is 11.8 Å². The number of aryl methyl sites for hydroxylation is 1. The standard InChI is InChI=1S/C28H31N3O3/c1-20-12-21(16-29-15-20)13-27(32)30-10-5-8-23(17-30)24-9-11-31(18-24)28(33)26-14-25(19-34-26)22-6-3-2-4-7-22/h2-4,6-7,12,14-16,19,23-24H,5,8-11,13,17-18H2,1H3. The topological polar surface area (TPSA) is 66.7 Å². The normalized spacial score (nSPS) is 20.5. The molecule has 3 aromatic rings. The maximum atomic E-state index is 13.1. The number of carbonyl (C=O) groups is 2. The number of pyridine rings is 1. The molecule has 0 N–H and O–H groups in total. The molecule has 2 unspecified atom stereocenters. The third-order valence-corrected chi connectivity index (χ3v) is 7.19. The number of hydrogen-bond donors (Lipinski definition) is 0. The monoisotopic (exact) mass is 457 g/mol. The summed E-state index contributed by atoms with van der Waals surface area (Å²) in [5, 5.41) is 0. The minimum Gasteiger partial charge on any atom is -0.459 e. The van der Waals surface area contributed by atoms with Crippen molar-refractivity contribution in [3.05, 3.63) is 78.0 Å². The van der Waals surface area contributed by atoms with Crippen LogP contribution in [0.1, 0.15) is 40.9 Å². The van der Waals surface area contributed by atoms with E-state index in [1.54, 1.807) is 12.5 Å². The molecule has 2 fully saturated rings. The minimum absolute atomic E-state index is 0.0413. The van der Waals surface area contributed by atoms with E-state index >= 15 is 0 Å². The van der Waals surface area contributed by atoms with Crippen molar-refractivity contribution < 1.29 is 14.0 Å². The van der Waals surface area contributed by atoms with E-state index in [4.69, 9.17) is 4.42 Å². The van der Waals surface area contributed by atoms with E-state index in [2.05, 4.69) is 4.98 Å². The van der Waals surface area contributed by atoms with Crippen molar-refractivity contribution in [3.8, 4) is 11.1 Å². The molecule has 0 aliphatic carbocycles. The lowest BCUT2D eigenvalue weighted by Crippen LogP contribution is -2.43. The summed E-state index contributed by atoms with van der Waals surface area (Å²) in [6, 6.07) is 13.8. The second-order valence-corrected chi connectivity index (χ2v) is 9.65. The van der Waals surface area contributed by atoms with Crippen LogP contribution in [0.2, 0.25) is 0 Å². The van der Waals surface area contributed by atoms with Gasteiger partial charge in [-0.05, 0) is 60.8 Å². The van der Waals surface area contributed by atoms with E-state index in [9.17, 15) is 9.59 Å². The van der Waals surface area contributed by atoms with Crippen molar-refractivity contribution in [1.29, 1.82) is 0 Å². The highest BCUT2D eigenvalue weighted by Crippen LogP contribution is 2.32. The van der Waals surface area contributed by atoms with Gasteiger partial charge in [-0.3, -0.25) is 14.6 Å². The van der Waals surface area contributed by atoms with Crippen molar-refractivity contribution in [2.75, 3.05) is 26.2 Å². The average molecular weight is 458 g/mol. The highest BCUT2D eigenvalue weighted by Gasteiger charge is 2.36. The summed E-state index contributed by atoms with van der Waals surface area (Å²) in [6.07, 6.45) is 8.76. The van der Waals surface area contributed by atoms with Gasteiger partial charge in [0.25, 0.3) is 5.91 Å². The van der Waals surface area contributed by atoms with E-state index < -0.39 is 0 Å². The molecular formula is C28H31N3O3. The second kappa shape index (κ2) is 9.84. The molecule has 34 heavy (non-hydrogen) atoms. The zero-order valence-electron chi connectivity index (χ0n) is 19.7. The lowest BCUT2D eigenvalue weighted by atomic mass is 9.84. The molecule has 176 valence electrons. The molecule has 0 radical (unpaired) electrons. The SMILES string of the molecule is Cc1cncc(CC(=O)N2CCCC(C3CCN(C(=O)c4cc(-c5ccccc5)co4)C3)C2)c1. The van der Waals surface area contributed by atoms with Gasteiger partial charge in [-0.15, -0.1) is 0 Å². The summed E-state index contributed by atoms with van der Waals surface area (Å²) >= 11 is 0. The van der Waals surface area contributed by atoms with Crippen LogP contribution in [0.4, 0.5) is 0 Å². The van der Waals surface area contributed by atoms with Gasteiger partial charge < -0.3 is 14.2 Å². The Kier molecular flexibility index (Phi) is 6.48. The predicted octanol–water partition coefficient (Wildman–Crippen LogP) is 4.59. The van der Waals surface area contributed by atoms with Gasteiger partial charge >= 0.3 is 0 Å². The summed E-state index contributed by atoms with van der Waals surface area (Å²) in [4.78, 5) is 34.2. The van der Waals surface area contributed by atoms with Gasteiger partial charge in [0.1, 0.15) is 0 Å². The first-order valence-electron chi connectivity index (χ1n) is 12.2. The highest BCUT2D eigenvalue weighted by molar-refractivity contribution is 5.93. The number of furan rings is 1. The Morgan fingerprint density at radius 2 is 1.76 bits per heavy atom. The summed E-state index contributed by atoms with van der Waals surface area (Å²) < 4.78 is 5.64. The molecule has 0 saturated carbocycles. The van der Waals surface area contributed by atoms with Crippen LogP contribution in [-0.4, -0.2) is 52.8 Å². The molecule has 2 aliphatic rings. The maximum Gasteiger partial charge on any atom is 0.289 e. The summed E-state index contributed by atoms with van der Waals surface area (Å²) in [5.41, 5.74) is 4.01. The van der Waals surface area contributed by atoms with Gasteiger partial charge in [0.05, 0.1) is 12.7 Å². The van der Waals surface area contributed by atoms with E-state index in [1.165, 1.54) is 0 Å². The number of amides is 2. The van der Waals surface area contributed by atoms with Gasteiger partial charge in [0.2, 0.25) is 5.91 Å². The Morgan fingerprint density at radius 1 is 0.971 bits per heavy atom. The van der Waals surface area contributed by atoms with Gasteiger partial charge in [-0.25, -0.2) is 0 Å². The lowest BCUT2D eigenvalue weighted by Gasteiger charge is -2.36. The molecule has 6 nitrogen and oxygen atoms in total. The molecular weight excluding hydrogens is 426 g/mol. The van der Waals surface area contributed by atoms with E-state index in [0.29, 0.717) is 24.0 Å². The average Bonchev–Trinajstić information content (AvgIpc) is 3.55. The van der Waals surface area contributed by atoms with Crippen LogP contribution >= 0.6 is 0 Å². The van der Waals surface area contributed by atoms with Crippen LogP contribution in [0, 0.1) is 18.8 Å². The summed E-state index contributed by atoms with van der Waals surface area (Å²) in [7, 11) is 0. The first-order valence-corrected chi connectivity index (χ1v) is 12.2. The first-order chi connectivity index (χ1) is 16.6. The molecule has 0 bridgehead atoms. The summed E-state index contributed by atoms with van der Waals surface area (Å²) in [6.45, 7) is 5.07. The van der Waals surface area contributed by atoms with E-state index in [1.807, 2.05) is 65.4 Å². The summed E-state index contributed by atoms with van der Waals surface area (Å²) in [5.74, 6) is 1.38. The molecule has 5 rings (SSSR count). The quantitative estimate of drug-likeness (QED) is 0.562. The van der Waals surface area contributed by atoms with Gasteiger partial charge in [-0.1, -0.05) is 36.4 Å². The first kappa shape index (κ1) is 22.4. The number of likely N-dealkylation sites (tertiary alicyclic amines) is 2. The molecule has 2 amide bonds. The number of piperidine rings is 1. The molecule has 2 atom stereocenters. The zero-order chi connectivity index (χ0) is 23.5. The Morgan fingerprint density at radius 3 is 2.59 bits per heavy atom. The molecule has 2 saturated heterocycles. The number of aromatic nitrogens is 1. The fourth-order valence-corrected chi connectivity index (χ4v) is 5.36. The third-order valence-electron chi connectivity index (χ3n) is 7.19. The molecule has 0 spiro atoms. The van der Waals surface area contributed by atoms with Crippen LogP contribution in [0.3, 0.4) is 0 Å². The Hall–Kier alpha value is -3.41. The fraction of sp³-hybridized carbons (Fsp3) is 0.393. The number of carbonyl (C=O) groups excluding carboxylic acids is 2. The fourth-order valence-electron chi connectivity index (χ4n) is 5.36. The smallest absolute Gasteiger partial charge is 0.289 e. The van der Waals surface area contributed by atoms with Crippen LogP contribution in [0.15, 0.2) is 65.5 Å². The van der Waals surface area contributed by atoms with Gasteiger partial charge in [0.15, 0.2) is 5.76 Å². The molecule has 6 heteroatoms. The van der Waals surface area contributed by atoms with Crippen molar-refractivity contribution in [3.63, 3.8) is 0 Å². The lowest BCUT2D eigenvalue weighted by molar-refractivity contribution is -0.132. The Balaban J connectivity index is 1.18. The number of hydrogen-bond acceptors (Lipinski definition) is 4. The zero-order valence-corrected chi connectivity index (χ0v) is 19.7. The predicted molar refractivity (Wildman–Crippen MR) is 130 cm³/mol. The Bertz CT molecular complexity index is 1160. The van der Waals surface area contributed by atoms with E-state index in [0.717, 1.165) is 67.7 Å². The van der Waals surface area contributed by atoms with Crippen molar-refractivity contribution in [1.82, 2.24) is 14.8 Å². The molecule has 2 aromatic heterocycles. The van der Waals surface area contributed by atoms with Crippen LogP contribution in [-0.2, 0) is 11.2 Å². The largest absolute Gasteiger partial charge is 0.459 e. The number of benzene rings is 1. The van der Waals surface area contributed by atoms with Gasteiger partial charge in [-0.2, -0.15) is 0 Å². The van der Waals surface area contributed by atoms with Crippen molar-refractivity contribution in [2.45, 2.75) is 32.6 Å². The molecule has 4 heterocycles. The number of rotatable bonds is 5. The minimum atomic E-state index is -0.0413. The maximum absolute atomic E-state index is 13.1. The second-order valence-electron chi connectivity index (χ2n) is 9.65. The van der Waals surface area contributed by atoms with Crippen LogP contribution in [0.25, 0.3) is 11.1 Å². The molecule has 2 aliphatic heterocycles. The van der Waals surface area contributed by atoms with Crippen LogP contribution in [0.5, 0.6) is 0 Å². The third kappa shape index (κ3) is 4.91. The Labute approximate surface area is 200 Å². The van der Waals surface area contributed by atoms with Crippen LogP contribution < -0.4 is 0 Å². The number of nitrogens with zero attached hydrogens (tertiary/aromatic N) is 3. The highest BCUT2D eigenvalue weighted by atomic mass is 16.3. The van der Waals surface area contributed by atoms with Crippen molar-refractivity contribution >= 4 is 11.8 Å². The molecule has 1 aromatic carbocycles. The van der Waals surface area contributed by atoms with Gasteiger partial charge in [0, 0.05) is 44.1 Å². The van der Waals surface area contributed by atoms with E-state index in [-0.39, 0.29) is 11.8 Å².